The third kappa shape index (κ3) is 3.40. The Morgan fingerprint density at radius 2 is 1.67 bits per heavy atom. The van der Waals surface area contributed by atoms with Crippen molar-refractivity contribution in [3.05, 3.63) is 65.7 Å². The SMILES string of the molecule is CCN(CC)[C@H]1[C@H](CO)[C@@H]2CN(S(=O)(=O)c3ccc(C)cc3)[C@@H](c3ccccc3)[C@@H]21. The average Bonchev–Trinajstić information content (AvgIpc) is 3.09. The molecule has 30 heavy (non-hydrogen) atoms. The molecule has 0 amide bonds. The first-order valence-electron chi connectivity index (χ1n) is 10.9. The Hall–Kier alpha value is -1.73. The Kier molecular flexibility index (Phi) is 6.04. The molecule has 1 saturated carbocycles. The van der Waals surface area contributed by atoms with Gasteiger partial charge in [-0.1, -0.05) is 61.9 Å². The Morgan fingerprint density at radius 3 is 2.23 bits per heavy atom. The number of hydrogen-bond donors (Lipinski definition) is 1. The molecule has 2 aromatic rings. The predicted octanol–water partition coefficient (Wildman–Crippen LogP) is 3.31. The monoisotopic (exact) mass is 428 g/mol. The standard InChI is InChI=1S/C24H32N2O3S/c1-4-25(5-2)24-21(16-27)20-15-26(23(22(20)24)18-9-7-6-8-10-18)30(28,29)19-13-11-17(3)12-14-19/h6-14,20-24,27H,4-5,15-16H2,1-3H3/t20-,21+,22+,23-,24-/m0/s1. The fourth-order valence-electron chi connectivity index (χ4n) is 5.66. The van der Waals surface area contributed by atoms with Crippen LogP contribution < -0.4 is 0 Å². The summed E-state index contributed by atoms with van der Waals surface area (Å²) in [6.45, 7) is 8.59. The molecule has 4 rings (SSSR count). The lowest BCUT2D eigenvalue weighted by Gasteiger charge is -2.54. The Bertz CT molecular complexity index is 958. The average molecular weight is 429 g/mol. The number of sulfonamides is 1. The molecule has 0 aromatic heterocycles. The van der Waals surface area contributed by atoms with E-state index in [-0.39, 0.29) is 36.4 Å². The van der Waals surface area contributed by atoms with Crippen LogP contribution in [-0.2, 0) is 10.0 Å². The van der Waals surface area contributed by atoms with E-state index < -0.39 is 10.0 Å². The van der Waals surface area contributed by atoms with Gasteiger partial charge in [0.1, 0.15) is 0 Å². The van der Waals surface area contributed by atoms with E-state index in [9.17, 15) is 13.5 Å². The van der Waals surface area contributed by atoms with E-state index >= 15 is 0 Å². The minimum Gasteiger partial charge on any atom is -0.396 e. The van der Waals surface area contributed by atoms with Crippen LogP contribution in [0.5, 0.6) is 0 Å². The van der Waals surface area contributed by atoms with Crippen LogP contribution in [0.2, 0.25) is 0 Å². The summed E-state index contributed by atoms with van der Waals surface area (Å²) in [6.07, 6.45) is 0. The zero-order valence-corrected chi connectivity index (χ0v) is 18.8. The van der Waals surface area contributed by atoms with Crippen LogP contribution in [0.25, 0.3) is 0 Å². The number of benzene rings is 2. The van der Waals surface area contributed by atoms with Crippen molar-refractivity contribution >= 4 is 10.0 Å². The van der Waals surface area contributed by atoms with E-state index in [4.69, 9.17) is 0 Å². The maximum atomic E-state index is 13.7. The topological polar surface area (TPSA) is 60.9 Å². The molecule has 1 aliphatic carbocycles. The van der Waals surface area contributed by atoms with Gasteiger partial charge in [-0.15, -0.1) is 0 Å². The fraction of sp³-hybridized carbons (Fsp3) is 0.500. The summed E-state index contributed by atoms with van der Waals surface area (Å²) >= 11 is 0. The zero-order valence-electron chi connectivity index (χ0n) is 18.0. The van der Waals surface area contributed by atoms with Crippen molar-refractivity contribution in [2.45, 2.75) is 37.8 Å². The molecule has 2 aliphatic rings. The quantitative estimate of drug-likeness (QED) is 0.735. The lowest BCUT2D eigenvalue weighted by molar-refractivity contribution is -0.0702. The van der Waals surface area contributed by atoms with Crippen LogP contribution in [0.4, 0.5) is 0 Å². The molecule has 1 N–H and O–H groups in total. The number of aliphatic hydroxyl groups is 1. The minimum absolute atomic E-state index is 0.0995. The van der Waals surface area contributed by atoms with Crippen molar-refractivity contribution < 1.29 is 13.5 Å². The van der Waals surface area contributed by atoms with Gasteiger partial charge in [0.25, 0.3) is 0 Å². The van der Waals surface area contributed by atoms with E-state index in [1.54, 1.807) is 16.4 Å². The lowest BCUT2D eigenvalue weighted by Crippen LogP contribution is -2.61. The summed E-state index contributed by atoms with van der Waals surface area (Å²) in [4.78, 5) is 2.73. The largest absolute Gasteiger partial charge is 0.396 e. The molecule has 1 heterocycles. The highest BCUT2D eigenvalue weighted by Gasteiger charge is 2.62. The third-order valence-corrected chi connectivity index (χ3v) is 9.02. The number of aliphatic hydroxyl groups excluding tert-OH is 1. The Morgan fingerprint density at radius 1 is 1.03 bits per heavy atom. The number of nitrogens with zero attached hydrogens (tertiary/aromatic N) is 2. The van der Waals surface area contributed by atoms with Crippen LogP contribution in [0.3, 0.4) is 0 Å². The summed E-state index contributed by atoms with van der Waals surface area (Å²) in [6, 6.07) is 17.1. The van der Waals surface area contributed by atoms with E-state index in [1.807, 2.05) is 49.4 Å². The van der Waals surface area contributed by atoms with Crippen molar-refractivity contribution in [2.24, 2.45) is 17.8 Å². The number of hydrogen-bond acceptors (Lipinski definition) is 4. The van der Waals surface area contributed by atoms with Crippen LogP contribution in [-0.4, -0.2) is 55.0 Å². The maximum Gasteiger partial charge on any atom is 0.243 e. The maximum absolute atomic E-state index is 13.7. The third-order valence-electron chi connectivity index (χ3n) is 7.16. The van der Waals surface area contributed by atoms with E-state index in [0.717, 1.165) is 24.2 Å². The first kappa shape index (κ1) is 21.5. The summed E-state index contributed by atoms with van der Waals surface area (Å²) < 4.78 is 29.1. The van der Waals surface area contributed by atoms with Gasteiger partial charge in [-0.3, -0.25) is 0 Å². The highest BCUT2D eigenvalue weighted by molar-refractivity contribution is 7.89. The summed E-state index contributed by atoms with van der Waals surface area (Å²) in [5.74, 6) is 0.468. The van der Waals surface area contributed by atoms with Gasteiger partial charge in [0.15, 0.2) is 0 Å². The van der Waals surface area contributed by atoms with Crippen molar-refractivity contribution in [1.82, 2.24) is 9.21 Å². The summed E-state index contributed by atoms with van der Waals surface area (Å²) in [7, 11) is -3.64. The molecule has 162 valence electrons. The molecular formula is C24H32N2O3S. The lowest BCUT2D eigenvalue weighted by atomic mass is 9.59. The van der Waals surface area contributed by atoms with Gasteiger partial charge in [0, 0.05) is 31.0 Å². The van der Waals surface area contributed by atoms with Crippen LogP contribution in [0.15, 0.2) is 59.5 Å². The molecule has 0 spiro atoms. The second kappa shape index (κ2) is 8.42. The zero-order chi connectivity index (χ0) is 21.5. The molecular weight excluding hydrogens is 396 g/mol. The van der Waals surface area contributed by atoms with Gasteiger partial charge in [0.05, 0.1) is 10.9 Å². The second-order valence-electron chi connectivity index (χ2n) is 8.54. The molecule has 0 bridgehead atoms. The van der Waals surface area contributed by atoms with Crippen molar-refractivity contribution in [3.63, 3.8) is 0 Å². The van der Waals surface area contributed by atoms with E-state index in [0.29, 0.717) is 11.4 Å². The first-order valence-corrected chi connectivity index (χ1v) is 12.4. The Balaban J connectivity index is 1.78. The van der Waals surface area contributed by atoms with Crippen LogP contribution in [0.1, 0.15) is 31.0 Å². The minimum atomic E-state index is -3.64. The number of aryl methyl sites for hydroxylation is 1. The van der Waals surface area contributed by atoms with Gasteiger partial charge in [0.2, 0.25) is 10.0 Å². The Labute approximate surface area is 180 Å². The molecule has 5 nitrogen and oxygen atoms in total. The van der Waals surface area contributed by atoms with E-state index in [2.05, 4.69) is 18.7 Å². The van der Waals surface area contributed by atoms with Crippen molar-refractivity contribution in [1.29, 1.82) is 0 Å². The van der Waals surface area contributed by atoms with Gasteiger partial charge in [-0.25, -0.2) is 8.42 Å². The number of rotatable bonds is 7. The highest BCUT2D eigenvalue weighted by atomic mass is 32.2. The molecule has 2 fully saturated rings. The number of fused-ring (bicyclic) bond motifs is 1. The summed E-state index contributed by atoms with van der Waals surface area (Å²) in [5.41, 5.74) is 2.08. The molecule has 1 aliphatic heterocycles. The van der Waals surface area contributed by atoms with Crippen molar-refractivity contribution in [3.8, 4) is 0 Å². The van der Waals surface area contributed by atoms with Gasteiger partial charge in [-0.2, -0.15) is 4.31 Å². The smallest absolute Gasteiger partial charge is 0.243 e. The molecule has 0 unspecified atom stereocenters. The summed E-state index contributed by atoms with van der Waals surface area (Å²) in [5, 5.41) is 10.1. The van der Waals surface area contributed by atoms with Gasteiger partial charge < -0.3 is 10.0 Å². The van der Waals surface area contributed by atoms with Crippen LogP contribution >= 0.6 is 0 Å². The molecule has 6 heteroatoms. The fourth-order valence-corrected chi connectivity index (χ4v) is 7.34. The molecule has 2 aromatic carbocycles. The molecule has 0 radical (unpaired) electrons. The van der Waals surface area contributed by atoms with Crippen LogP contribution in [0, 0.1) is 24.7 Å². The molecule has 1 saturated heterocycles. The normalized spacial score (nSPS) is 29.0. The van der Waals surface area contributed by atoms with E-state index in [1.165, 1.54) is 0 Å². The highest BCUT2D eigenvalue weighted by Crippen LogP contribution is 2.58. The first-order chi connectivity index (χ1) is 14.4. The predicted molar refractivity (Wildman–Crippen MR) is 119 cm³/mol. The molecule has 5 atom stereocenters. The van der Waals surface area contributed by atoms with Gasteiger partial charge >= 0.3 is 0 Å². The van der Waals surface area contributed by atoms with Crippen molar-refractivity contribution in [2.75, 3.05) is 26.2 Å². The van der Waals surface area contributed by atoms with Gasteiger partial charge in [-0.05, 0) is 43.6 Å². The second-order valence-corrected chi connectivity index (χ2v) is 10.4.